The Hall–Kier alpha value is 0.268. The van der Waals surface area contributed by atoms with Crippen molar-refractivity contribution in [2.24, 2.45) is 5.41 Å². The van der Waals surface area contributed by atoms with Crippen LogP contribution in [0.3, 0.4) is 0 Å². The third-order valence-electron chi connectivity index (χ3n) is 2.26. The highest BCUT2D eigenvalue weighted by Gasteiger charge is 2.03. The van der Waals surface area contributed by atoms with E-state index >= 15 is 0 Å². The van der Waals surface area contributed by atoms with Crippen LogP contribution in [0, 0.1) is 5.41 Å². The van der Waals surface area contributed by atoms with E-state index in [9.17, 15) is 0 Å². The normalized spacial score (nSPS) is 10.8. The lowest BCUT2D eigenvalue weighted by Gasteiger charge is -2.12. The first-order valence-electron chi connectivity index (χ1n) is 7.92. The highest BCUT2D eigenvalue weighted by atomic mass is 28.3. The molecule has 2 nitrogen and oxygen atoms in total. The summed E-state index contributed by atoms with van der Waals surface area (Å²) in [5.41, 5.74) is 0.603. The second-order valence-electron chi connectivity index (χ2n) is 5.65. The Morgan fingerprint density at radius 2 is 1.33 bits per heavy atom. The van der Waals surface area contributed by atoms with Crippen molar-refractivity contribution in [1.29, 1.82) is 0 Å². The van der Waals surface area contributed by atoms with Gasteiger partial charge in [0.05, 0.1) is 0 Å². The molecule has 0 aromatic heterocycles. The third kappa shape index (κ3) is 78.7. The average molecular weight is 367 g/mol. The third-order valence-corrected chi connectivity index (χ3v) is 4.79. The van der Waals surface area contributed by atoms with E-state index in [2.05, 4.69) is 50.0 Å². The number of hydrogen-bond acceptors (Lipinski definition) is 2. The molecule has 0 saturated heterocycles. The highest BCUT2D eigenvalue weighted by Crippen LogP contribution is 2.15. The topological polar surface area (TPSA) is 18.5 Å². The maximum Gasteiger partial charge on any atom is 0.145 e. The molecule has 0 saturated carbocycles. The van der Waals surface area contributed by atoms with Crippen molar-refractivity contribution in [3.8, 4) is 0 Å². The van der Waals surface area contributed by atoms with Crippen molar-refractivity contribution < 1.29 is 8.54 Å². The molecule has 0 rings (SSSR count). The molecule has 0 amide bonds. The molecule has 130 valence electrons. The summed E-state index contributed by atoms with van der Waals surface area (Å²) in [7, 11) is 4.08. The van der Waals surface area contributed by atoms with Gasteiger partial charge in [0, 0.05) is 16.8 Å². The van der Waals surface area contributed by atoms with Crippen LogP contribution in [0.25, 0.3) is 0 Å². The predicted molar refractivity (Wildman–Crippen MR) is 116 cm³/mol. The summed E-state index contributed by atoms with van der Waals surface area (Å²) in [5, 5.41) is 0. The lowest BCUT2D eigenvalue weighted by molar-refractivity contribution is 0.358. The van der Waals surface area contributed by atoms with E-state index in [4.69, 9.17) is 4.43 Å². The zero-order valence-corrected chi connectivity index (χ0v) is 24.5. The Kier molecular flexibility index (Phi) is 39.7. The Morgan fingerprint density at radius 1 is 0.952 bits per heavy atom. The molecule has 0 unspecified atom stereocenters. The van der Waals surface area contributed by atoms with Crippen molar-refractivity contribution in [1.82, 2.24) is 0 Å². The molecule has 0 heterocycles. The van der Waals surface area contributed by atoms with E-state index in [0.717, 1.165) is 50.9 Å². The van der Waals surface area contributed by atoms with Crippen molar-refractivity contribution in [3.63, 3.8) is 0 Å². The molecular weight excluding hydrogens is 325 g/mol. The summed E-state index contributed by atoms with van der Waals surface area (Å²) in [6, 6.07) is 1.41. The van der Waals surface area contributed by atoms with Crippen molar-refractivity contribution in [2.45, 2.75) is 60.4 Å². The van der Waals surface area contributed by atoms with Crippen LogP contribution in [0.5, 0.6) is 0 Å². The molecule has 0 N–H and O–H groups in total. The van der Waals surface area contributed by atoms with Gasteiger partial charge in [-0.1, -0.05) is 58.0 Å². The van der Waals surface area contributed by atoms with Crippen LogP contribution in [0.1, 0.15) is 54.4 Å². The van der Waals surface area contributed by atoms with E-state index in [0.29, 0.717) is 5.41 Å². The van der Waals surface area contributed by atoms with Crippen molar-refractivity contribution in [3.05, 3.63) is 24.3 Å². The van der Waals surface area contributed by atoms with Crippen LogP contribution < -0.4 is 0 Å². The van der Waals surface area contributed by atoms with E-state index in [-0.39, 0.29) is 0 Å². The molecule has 21 heavy (non-hydrogen) atoms. The second kappa shape index (κ2) is 28.4. The van der Waals surface area contributed by atoms with Gasteiger partial charge in [0.2, 0.25) is 0 Å². The van der Waals surface area contributed by atoms with Gasteiger partial charge < -0.3 is 8.54 Å². The Bertz CT molecular complexity index is 202. The second-order valence-corrected chi connectivity index (χ2v) is 10.2. The van der Waals surface area contributed by atoms with Crippen LogP contribution in [0.4, 0.5) is 0 Å². The molecule has 0 aromatic rings. The maximum atomic E-state index is 4.93. The van der Waals surface area contributed by atoms with Gasteiger partial charge in [-0.3, -0.25) is 0 Å². The minimum absolute atomic E-state index is 0.603. The van der Waals surface area contributed by atoms with E-state index < -0.39 is 0 Å². The van der Waals surface area contributed by atoms with Crippen LogP contribution in [-0.2, 0) is 8.54 Å². The maximum absolute atomic E-state index is 4.93. The van der Waals surface area contributed by atoms with Crippen LogP contribution in [-0.4, -0.2) is 48.3 Å². The van der Waals surface area contributed by atoms with Crippen molar-refractivity contribution >= 4 is 41.7 Å². The number of allylic oxidation sites excluding steroid dienone is 3. The van der Waals surface area contributed by atoms with Gasteiger partial charge in [-0.25, -0.2) is 0 Å². The van der Waals surface area contributed by atoms with Crippen LogP contribution >= 0.6 is 0 Å². The molecule has 0 aromatic carbocycles. The smallest absolute Gasteiger partial charge is 0.145 e. The summed E-state index contributed by atoms with van der Waals surface area (Å²) < 4.78 is 9.46. The summed E-state index contributed by atoms with van der Waals surface area (Å²) in [6.45, 7) is 13.9. The molecule has 0 aliphatic heterocycles. The molecule has 0 radical (unpaired) electrons. The van der Waals surface area contributed by atoms with Gasteiger partial charge in [-0.2, -0.15) is 0 Å². The molecule has 0 aliphatic carbocycles. The quantitative estimate of drug-likeness (QED) is 0.412. The molecule has 0 bridgehead atoms. The standard InChI is InChI=1S/C5H12OSi.C5H14Si.C5H10.H6OSi2/c1-2-3-4-5-6-7;1-5(2,3)4-6;1-3-5-4-2;2-1-3/h2-3H,4-5H2,1,7H3;4H2,1-3,6H3;3,5H,4H2,1-2H3;2-3H3. The largest absolute Gasteiger partial charge is 0.471 e. The fraction of sp³-hybridized carbons (Fsp3) is 0.733. The number of rotatable bonds is 4. The highest BCUT2D eigenvalue weighted by molar-refractivity contribution is 6.15. The lowest BCUT2D eigenvalue weighted by Crippen LogP contribution is -2.01. The monoisotopic (exact) mass is 366 g/mol. The minimum atomic E-state index is 0.603. The molecule has 0 atom stereocenters. The first-order chi connectivity index (χ1) is 9.80. The average Bonchev–Trinajstić information content (AvgIpc) is 2.42. The Balaban J connectivity index is -0.0000000955. The van der Waals surface area contributed by atoms with Gasteiger partial charge >= 0.3 is 0 Å². The van der Waals surface area contributed by atoms with Gasteiger partial charge in [0.25, 0.3) is 0 Å². The van der Waals surface area contributed by atoms with E-state index in [1.54, 1.807) is 0 Å². The summed E-state index contributed by atoms with van der Waals surface area (Å²) in [5.74, 6) is 0. The van der Waals surface area contributed by atoms with E-state index in [1.807, 2.05) is 19.9 Å². The molecule has 0 aliphatic rings. The molecule has 0 spiro atoms. The first-order valence-corrected chi connectivity index (χ1v) is 11.8. The molecule has 6 heteroatoms. The van der Waals surface area contributed by atoms with Crippen LogP contribution in [0.2, 0.25) is 6.04 Å². The van der Waals surface area contributed by atoms with Crippen LogP contribution in [0.15, 0.2) is 24.3 Å². The zero-order valence-electron chi connectivity index (χ0n) is 16.5. The first kappa shape index (κ1) is 29.3. The zero-order chi connectivity index (χ0) is 17.6. The lowest BCUT2D eigenvalue weighted by atomic mass is 10.0. The minimum Gasteiger partial charge on any atom is -0.471 e. The molecule has 0 fully saturated rings. The summed E-state index contributed by atoms with van der Waals surface area (Å²) in [6.07, 6.45) is 10.6. The van der Waals surface area contributed by atoms with Gasteiger partial charge in [-0.15, -0.1) is 0 Å². The van der Waals surface area contributed by atoms with Gasteiger partial charge in [0.15, 0.2) is 0 Å². The summed E-state index contributed by atoms with van der Waals surface area (Å²) >= 11 is 0. The van der Waals surface area contributed by atoms with E-state index in [1.165, 1.54) is 16.3 Å². The summed E-state index contributed by atoms with van der Waals surface area (Å²) in [4.78, 5) is 0. The Labute approximate surface area is 147 Å². The number of hydrogen-bond donors (Lipinski definition) is 0. The Morgan fingerprint density at radius 3 is 1.48 bits per heavy atom. The fourth-order valence-corrected chi connectivity index (χ4v) is 0.824. The van der Waals surface area contributed by atoms with Gasteiger partial charge in [-0.05, 0) is 32.1 Å². The van der Waals surface area contributed by atoms with Crippen molar-refractivity contribution in [2.75, 3.05) is 6.61 Å². The SMILES string of the molecule is CC(C)(C)C[SiH3].CC=CCC.CC=CCCO[SiH3].[SiH3]O[SiH3]. The predicted octanol–water partition coefficient (Wildman–Crippen LogP) is 0.602. The van der Waals surface area contributed by atoms with Gasteiger partial charge in [0.1, 0.15) is 31.5 Å². The molecular formula is C15H42O2Si4. The fourth-order valence-electron chi connectivity index (χ4n) is 0.588.